The normalized spacial score (nSPS) is 10.7. The van der Waals surface area contributed by atoms with Crippen LogP contribution in [0, 0.1) is 0 Å². The summed E-state index contributed by atoms with van der Waals surface area (Å²) in [6, 6.07) is 0. The zero-order valence-corrected chi connectivity index (χ0v) is 15.5. The zero-order chi connectivity index (χ0) is 18.2. The van der Waals surface area contributed by atoms with Gasteiger partial charge < -0.3 is 24.8 Å². The molecule has 0 aromatic rings. The molecule has 0 fully saturated rings. The minimum Gasteiger partial charge on any atom is -0.378 e. The molecule has 1 amide bonds. The molecule has 0 heterocycles. The van der Waals surface area contributed by atoms with Gasteiger partial charge >= 0.3 is 0 Å². The van der Waals surface area contributed by atoms with Crippen molar-refractivity contribution in [2.24, 2.45) is 0 Å². The van der Waals surface area contributed by atoms with Crippen LogP contribution in [0.1, 0.15) is 34.1 Å². The quantitative estimate of drug-likeness (QED) is 0.373. The molecule has 0 radical (unpaired) electrons. The van der Waals surface area contributed by atoms with Crippen LogP contribution in [0.15, 0.2) is 0 Å². The largest absolute Gasteiger partial charge is 0.378 e. The molecule has 0 aliphatic carbocycles. The van der Waals surface area contributed by atoms with Crippen LogP contribution in [0.5, 0.6) is 0 Å². The fourth-order valence-corrected chi connectivity index (χ4v) is 1.06. The maximum atomic E-state index is 12.9. The van der Waals surface area contributed by atoms with E-state index < -0.39 is 6.17 Å². The predicted octanol–water partition coefficient (Wildman–Crippen LogP) is 1.78. The number of carbonyl (C=O) groups excluding carboxylic acids is 1. The summed E-state index contributed by atoms with van der Waals surface area (Å²) in [6.45, 7) is 11.4. The standard InChI is InChI=1S/C11H23FN2O4.C3H8.C2H6/c1-13-2-3-16-4-5-17-6-7-18-9-11(12)8-14-10-15;1-3-2;1-2/h10-11,13H,2-9H2,1H3,(H,14,15);3H2,1-2H3;1-2H3. The van der Waals surface area contributed by atoms with Crippen molar-refractivity contribution < 1.29 is 23.4 Å². The minimum atomic E-state index is -1.18. The van der Waals surface area contributed by atoms with Gasteiger partial charge in [0.25, 0.3) is 0 Å². The van der Waals surface area contributed by atoms with Crippen LogP contribution < -0.4 is 10.6 Å². The van der Waals surface area contributed by atoms with E-state index in [1.807, 2.05) is 20.9 Å². The van der Waals surface area contributed by atoms with Gasteiger partial charge in [0.2, 0.25) is 6.41 Å². The third-order valence-corrected chi connectivity index (χ3v) is 1.96. The lowest BCUT2D eigenvalue weighted by Crippen LogP contribution is -2.26. The van der Waals surface area contributed by atoms with Crippen LogP contribution in [0.2, 0.25) is 0 Å². The van der Waals surface area contributed by atoms with Crippen LogP contribution in [0.3, 0.4) is 0 Å². The molecular weight excluding hydrogens is 303 g/mol. The van der Waals surface area contributed by atoms with Gasteiger partial charge in [-0.1, -0.05) is 34.1 Å². The number of ether oxygens (including phenoxy) is 3. The Hall–Kier alpha value is -0.760. The third-order valence-electron chi connectivity index (χ3n) is 1.96. The van der Waals surface area contributed by atoms with E-state index in [1.165, 1.54) is 6.42 Å². The highest BCUT2D eigenvalue weighted by atomic mass is 19.1. The molecular formula is C16H37FN2O4. The fraction of sp³-hybridized carbons (Fsp3) is 0.938. The topological polar surface area (TPSA) is 68.8 Å². The number of carbonyl (C=O) groups is 1. The zero-order valence-electron chi connectivity index (χ0n) is 15.5. The van der Waals surface area contributed by atoms with Gasteiger partial charge in [0.15, 0.2) is 0 Å². The number of likely N-dealkylation sites (N-methyl/N-ethyl adjacent to an activating group) is 1. The van der Waals surface area contributed by atoms with E-state index in [1.54, 1.807) is 0 Å². The number of rotatable bonds is 14. The van der Waals surface area contributed by atoms with Gasteiger partial charge in [-0.15, -0.1) is 0 Å². The molecule has 0 aliphatic heterocycles. The van der Waals surface area contributed by atoms with Gasteiger partial charge in [0, 0.05) is 6.54 Å². The van der Waals surface area contributed by atoms with E-state index in [0.29, 0.717) is 39.4 Å². The highest BCUT2D eigenvalue weighted by Gasteiger charge is 2.04. The van der Waals surface area contributed by atoms with Crippen molar-refractivity contribution in [2.75, 3.05) is 59.8 Å². The van der Waals surface area contributed by atoms with Crippen molar-refractivity contribution in [3.8, 4) is 0 Å². The van der Waals surface area contributed by atoms with Crippen molar-refractivity contribution in [1.82, 2.24) is 10.6 Å². The molecule has 2 N–H and O–H groups in total. The number of halogens is 1. The Balaban J connectivity index is -0.000000710. The van der Waals surface area contributed by atoms with E-state index in [0.717, 1.165) is 6.54 Å². The lowest BCUT2D eigenvalue weighted by Gasteiger charge is -2.09. The molecule has 0 aromatic heterocycles. The number of hydrogen-bond acceptors (Lipinski definition) is 5. The second kappa shape index (κ2) is 29.3. The summed E-state index contributed by atoms with van der Waals surface area (Å²) in [7, 11) is 1.86. The summed E-state index contributed by atoms with van der Waals surface area (Å²) in [6.07, 6.45) is 0.532. The molecule has 0 saturated carbocycles. The average Bonchev–Trinajstić information content (AvgIpc) is 2.57. The van der Waals surface area contributed by atoms with Crippen molar-refractivity contribution in [2.45, 2.75) is 40.3 Å². The first-order chi connectivity index (χ1) is 11.2. The molecule has 0 saturated heterocycles. The van der Waals surface area contributed by atoms with E-state index in [9.17, 15) is 9.18 Å². The first-order valence-corrected chi connectivity index (χ1v) is 8.41. The van der Waals surface area contributed by atoms with Crippen LogP contribution >= 0.6 is 0 Å². The molecule has 1 atom stereocenters. The lowest BCUT2D eigenvalue weighted by molar-refractivity contribution is -0.109. The second-order valence-corrected chi connectivity index (χ2v) is 4.23. The van der Waals surface area contributed by atoms with Crippen molar-refractivity contribution in [1.29, 1.82) is 0 Å². The Labute approximate surface area is 141 Å². The first-order valence-electron chi connectivity index (χ1n) is 8.41. The fourth-order valence-electron chi connectivity index (χ4n) is 1.06. The minimum absolute atomic E-state index is 0.0241. The maximum Gasteiger partial charge on any atom is 0.207 e. The van der Waals surface area contributed by atoms with Crippen molar-refractivity contribution in [3.05, 3.63) is 0 Å². The van der Waals surface area contributed by atoms with Gasteiger partial charge in [-0.25, -0.2) is 4.39 Å². The second-order valence-electron chi connectivity index (χ2n) is 4.23. The number of hydrogen-bond donors (Lipinski definition) is 2. The predicted molar refractivity (Wildman–Crippen MR) is 92.7 cm³/mol. The summed E-state index contributed by atoms with van der Waals surface area (Å²) < 4.78 is 28.4. The number of amides is 1. The summed E-state index contributed by atoms with van der Waals surface area (Å²) in [5.74, 6) is 0. The van der Waals surface area contributed by atoms with Gasteiger partial charge in [0.1, 0.15) is 6.17 Å². The number of alkyl halides is 1. The summed E-state index contributed by atoms with van der Waals surface area (Å²) in [4.78, 5) is 9.90. The molecule has 7 heteroatoms. The molecule has 6 nitrogen and oxygen atoms in total. The van der Waals surface area contributed by atoms with Crippen LogP contribution in [-0.2, 0) is 19.0 Å². The number of nitrogens with one attached hydrogen (secondary N) is 2. The molecule has 0 aromatic carbocycles. The molecule has 0 aliphatic rings. The molecule has 1 unspecified atom stereocenters. The molecule has 0 bridgehead atoms. The van der Waals surface area contributed by atoms with E-state index in [2.05, 4.69) is 24.5 Å². The summed E-state index contributed by atoms with van der Waals surface area (Å²) in [5.41, 5.74) is 0. The Kier molecular flexibility index (Phi) is 34.5. The van der Waals surface area contributed by atoms with Gasteiger partial charge in [-0.2, -0.15) is 0 Å². The molecule has 23 heavy (non-hydrogen) atoms. The monoisotopic (exact) mass is 340 g/mol. The lowest BCUT2D eigenvalue weighted by atomic mass is 10.4. The Morgan fingerprint density at radius 3 is 1.96 bits per heavy atom. The van der Waals surface area contributed by atoms with Crippen LogP contribution in [-0.4, -0.2) is 72.4 Å². The molecule has 0 spiro atoms. The van der Waals surface area contributed by atoms with Gasteiger partial charge in [-0.05, 0) is 7.05 Å². The molecule has 142 valence electrons. The van der Waals surface area contributed by atoms with Crippen molar-refractivity contribution >= 4 is 6.41 Å². The van der Waals surface area contributed by atoms with Crippen LogP contribution in [0.25, 0.3) is 0 Å². The summed E-state index contributed by atoms with van der Waals surface area (Å²) >= 11 is 0. The van der Waals surface area contributed by atoms with Gasteiger partial charge in [-0.3, -0.25) is 4.79 Å². The Morgan fingerprint density at radius 1 is 1.00 bits per heavy atom. The summed E-state index contributed by atoms with van der Waals surface area (Å²) in [5, 5.41) is 5.21. The van der Waals surface area contributed by atoms with E-state index in [4.69, 9.17) is 14.2 Å². The molecule has 0 rings (SSSR count). The SMILES string of the molecule is CC.CCC.CNCCOCCOCCOCC(F)CNC=O. The van der Waals surface area contributed by atoms with E-state index >= 15 is 0 Å². The van der Waals surface area contributed by atoms with Crippen molar-refractivity contribution in [3.63, 3.8) is 0 Å². The maximum absolute atomic E-state index is 12.9. The highest BCUT2D eigenvalue weighted by Crippen LogP contribution is 1.90. The Morgan fingerprint density at radius 2 is 1.48 bits per heavy atom. The average molecular weight is 340 g/mol. The first kappa shape index (κ1) is 27.1. The smallest absolute Gasteiger partial charge is 0.207 e. The highest BCUT2D eigenvalue weighted by molar-refractivity contribution is 5.45. The van der Waals surface area contributed by atoms with E-state index in [-0.39, 0.29) is 13.2 Å². The third kappa shape index (κ3) is 33.9. The van der Waals surface area contributed by atoms with Gasteiger partial charge in [0.05, 0.1) is 46.2 Å². The van der Waals surface area contributed by atoms with Crippen LogP contribution in [0.4, 0.5) is 4.39 Å². The Bertz CT molecular complexity index is 201.